The van der Waals surface area contributed by atoms with E-state index in [9.17, 15) is 9.59 Å². The summed E-state index contributed by atoms with van der Waals surface area (Å²) >= 11 is 6.26. The number of ether oxygens (including phenoxy) is 3. The van der Waals surface area contributed by atoms with E-state index in [1.807, 2.05) is 19.9 Å². The van der Waals surface area contributed by atoms with Crippen LogP contribution in [0.25, 0.3) is 5.57 Å². The summed E-state index contributed by atoms with van der Waals surface area (Å²) < 4.78 is 16.9. The lowest BCUT2D eigenvalue weighted by Gasteiger charge is -2.29. The van der Waals surface area contributed by atoms with E-state index in [0.29, 0.717) is 35.2 Å². The van der Waals surface area contributed by atoms with Crippen LogP contribution in [-0.4, -0.2) is 83.7 Å². The first-order chi connectivity index (χ1) is 19.1. The molecule has 1 N–H and O–H groups in total. The highest BCUT2D eigenvalue weighted by Crippen LogP contribution is 2.34. The van der Waals surface area contributed by atoms with Gasteiger partial charge < -0.3 is 24.1 Å². The quantitative estimate of drug-likeness (QED) is 0.487. The van der Waals surface area contributed by atoms with Gasteiger partial charge in [0.25, 0.3) is 5.91 Å². The number of morpholine rings is 1. The number of hydrogen-bond donors (Lipinski definition) is 1. The number of esters is 1. The molecule has 1 fully saturated rings. The van der Waals surface area contributed by atoms with Crippen molar-refractivity contribution in [2.45, 2.75) is 39.2 Å². The Morgan fingerprint density at radius 3 is 2.55 bits per heavy atom. The molecule has 2 aliphatic rings. The van der Waals surface area contributed by atoms with Crippen molar-refractivity contribution in [2.75, 3.05) is 46.0 Å². The van der Waals surface area contributed by atoms with E-state index in [4.69, 9.17) is 25.8 Å². The van der Waals surface area contributed by atoms with Crippen molar-refractivity contribution in [3.05, 3.63) is 77.0 Å². The molecular formula is C30H37ClN4O5. The Morgan fingerprint density at radius 1 is 1.12 bits per heavy atom. The number of fused-ring (bicyclic) bond motifs is 1. The summed E-state index contributed by atoms with van der Waals surface area (Å²) in [5.74, 6) is -0.0994. The van der Waals surface area contributed by atoms with E-state index in [2.05, 4.69) is 14.9 Å². The number of aromatic amines is 1. The first kappa shape index (κ1) is 29.6. The predicted molar refractivity (Wildman–Crippen MR) is 154 cm³/mol. The Bertz CT molecular complexity index is 1280. The zero-order chi connectivity index (χ0) is 28.7. The van der Waals surface area contributed by atoms with Crippen LogP contribution in [0.2, 0.25) is 5.02 Å². The van der Waals surface area contributed by atoms with Crippen molar-refractivity contribution in [2.24, 2.45) is 0 Å². The molecule has 214 valence electrons. The van der Waals surface area contributed by atoms with Gasteiger partial charge in [0.05, 0.1) is 41.9 Å². The second-order valence-electron chi connectivity index (χ2n) is 10.7. The predicted octanol–water partition coefficient (Wildman–Crippen LogP) is 4.62. The molecule has 1 saturated heterocycles. The van der Waals surface area contributed by atoms with Gasteiger partial charge in [-0.05, 0) is 49.7 Å². The number of rotatable bonds is 7. The van der Waals surface area contributed by atoms with E-state index in [1.165, 1.54) is 12.5 Å². The minimum absolute atomic E-state index is 0.222. The molecule has 0 bridgehead atoms. The topological polar surface area (TPSA) is 97.0 Å². The fourth-order valence-electron chi connectivity index (χ4n) is 4.68. The molecule has 10 heteroatoms. The number of benzene rings is 1. The number of carbonyl (C=O) groups is 2. The van der Waals surface area contributed by atoms with Gasteiger partial charge in [-0.25, -0.2) is 9.78 Å². The molecule has 4 rings (SSSR count). The van der Waals surface area contributed by atoms with E-state index < -0.39 is 11.4 Å². The Morgan fingerprint density at radius 2 is 1.85 bits per heavy atom. The van der Waals surface area contributed by atoms with E-state index in [-0.39, 0.29) is 17.6 Å². The first-order valence-corrected chi connectivity index (χ1v) is 13.9. The fourth-order valence-corrected chi connectivity index (χ4v) is 4.80. The lowest BCUT2D eigenvalue weighted by atomic mass is 9.83. The molecule has 40 heavy (non-hydrogen) atoms. The maximum atomic E-state index is 13.8. The van der Waals surface area contributed by atoms with Crippen molar-refractivity contribution >= 4 is 29.1 Å². The molecule has 1 amide bonds. The number of hydrogen-bond acceptors (Lipinski definition) is 7. The van der Waals surface area contributed by atoms with E-state index in [0.717, 1.165) is 38.4 Å². The molecule has 0 radical (unpaired) electrons. The minimum Gasteiger partial charge on any atom is -0.492 e. The van der Waals surface area contributed by atoms with Gasteiger partial charge in [-0.15, -0.1) is 0 Å². The highest BCUT2D eigenvalue weighted by Gasteiger charge is 2.35. The number of H-pyrrole nitrogens is 1. The summed E-state index contributed by atoms with van der Waals surface area (Å²) in [6.07, 6.45) is 4.19. The van der Waals surface area contributed by atoms with Crippen LogP contribution in [0.4, 0.5) is 0 Å². The Hall–Kier alpha value is -3.40. The fraction of sp³-hybridized carbons (Fsp3) is 0.433. The molecule has 2 aromatic rings. The van der Waals surface area contributed by atoms with Crippen molar-refractivity contribution in [3.63, 3.8) is 0 Å². The second kappa shape index (κ2) is 13.3. The summed E-state index contributed by atoms with van der Waals surface area (Å²) in [5, 5.41) is 0.433. The molecule has 3 heterocycles. The smallest absolute Gasteiger partial charge is 0.342 e. The van der Waals surface area contributed by atoms with Crippen LogP contribution in [0.15, 0.2) is 55.1 Å². The molecule has 0 spiro atoms. The van der Waals surface area contributed by atoms with Crippen LogP contribution in [0.1, 0.15) is 49.3 Å². The average molecular weight is 569 g/mol. The van der Waals surface area contributed by atoms with Crippen LogP contribution in [0.3, 0.4) is 0 Å². The third-order valence-corrected chi connectivity index (χ3v) is 6.94. The Kier molecular flexibility index (Phi) is 9.84. The Labute approximate surface area is 240 Å². The molecule has 0 atom stereocenters. The maximum Gasteiger partial charge on any atom is 0.342 e. The standard InChI is InChI=1S/C30H37ClN4O5/c1-21(2)40-29(37)25-18-35(19-30(3,4)26-10-7-23(31)17-32-20-33-27(25)26)28(36)22-5-8-24(9-6-22)39-16-13-34-11-14-38-15-12-34/h5-10,17-18,20-21H,11-16,19H2,1-4H3,(H,32,33). The van der Waals surface area contributed by atoms with Crippen LogP contribution >= 0.6 is 11.6 Å². The normalized spacial score (nSPS) is 16.9. The molecule has 0 unspecified atom stereocenters. The number of nitrogens with zero attached hydrogens (tertiary/aromatic N) is 3. The van der Waals surface area contributed by atoms with Crippen molar-refractivity contribution < 1.29 is 23.8 Å². The summed E-state index contributed by atoms with van der Waals surface area (Å²) in [6.45, 7) is 12.6. The molecule has 0 aliphatic carbocycles. The van der Waals surface area contributed by atoms with Gasteiger partial charge in [0.2, 0.25) is 0 Å². The van der Waals surface area contributed by atoms with E-state index >= 15 is 0 Å². The Balaban J connectivity index is 1.61. The summed E-state index contributed by atoms with van der Waals surface area (Å²) in [5.41, 5.74) is 1.43. The van der Waals surface area contributed by atoms with E-state index in [1.54, 1.807) is 55.3 Å². The zero-order valence-electron chi connectivity index (χ0n) is 23.5. The zero-order valence-corrected chi connectivity index (χ0v) is 24.2. The summed E-state index contributed by atoms with van der Waals surface area (Å²) in [4.78, 5) is 38.2. The van der Waals surface area contributed by atoms with Gasteiger partial charge in [0.1, 0.15) is 12.4 Å². The molecular weight excluding hydrogens is 532 g/mol. The number of carbonyl (C=O) groups excluding carboxylic acids is 2. The van der Waals surface area contributed by atoms with Gasteiger partial charge in [0, 0.05) is 49.6 Å². The van der Waals surface area contributed by atoms with Crippen LogP contribution in [0.5, 0.6) is 5.75 Å². The van der Waals surface area contributed by atoms with Gasteiger partial charge in [0.15, 0.2) is 0 Å². The van der Waals surface area contributed by atoms with Gasteiger partial charge >= 0.3 is 5.97 Å². The molecule has 1 aromatic carbocycles. The summed E-state index contributed by atoms with van der Waals surface area (Å²) in [6, 6.07) is 10.7. The third-order valence-electron chi connectivity index (χ3n) is 6.71. The van der Waals surface area contributed by atoms with Crippen LogP contribution < -0.4 is 4.74 Å². The SMILES string of the molecule is CC(C)OC(=O)C1=CN(C(=O)c2ccc(OCCN3CCOCC3)cc2)CC(C)(C)c2ccc(Cl)cnc[nH]c21. The molecule has 9 nitrogen and oxygen atoms in total. The minimum atomic E-state index is -0.567. The molecule has 0 saturated carbocycles. The highest BCUT2D eigenvalue weighted by molar-refractivity contribution is 6.30. The second-order valence-corrected chi connectivity index (χ2v) is 11.1. The van der Waals surface area contributed by atoms with Gasteiger partial charge in [-0.2, -0.15) is 0 Å². The monoisotopic (exact) mass is 568 g/mol. The average Bonchev–Trinajstić information content (AvgIpc) is 2.96. The van der Waals surface area contributed by atoms with Crippen LogP contribution in [0, 0.1) is 0 Å². The van der Waals surface area contributed by atoms with Crippen LogP contribution in [-0.2, 0) is 19.7 Å². The first-order valence-electron chi connectivity index (χ1n) is 13.5. The molecule has 1 aromatic heterocycles. The number of amides is 1. The van der Waals surface area contributed by atoms with Crippen molar-refractivity contribution in [3.8, 4) is 5.75 Å². The maximum absolute atomic E-state index is 13.8. The lowest BCUT2D eigenvalue weighted by molar-refractivity contribution is -0.140. The molecule has 2 aliphatic heterocycles. The third kappa shape index (κ3) is 7.62. The van der Waals surface area contributed by atoms with Crippen molar-refractivity contribution in [1.29, 1.82) is 0 Å². The number of nitrogens with one attached hydrogen (secondary N) is 1. The van der Waals surface area contributed by atoms with Gasteiger partial charge in [-0.1, -0.05) is 31.5 Å². The lowest BCUT2D eigenvalue weighted by Crippen LogP contribution is -2.38. The number of aromatic nitrogens is 2. The largest absolute Gasteiger partial charge is 0.492 e. The number of halogens is 1. The van der Waals surface area contributed by atoms with Crippen molar-refractivity contribution in [1.82, 2.24) is 19.8 Å². The summed E-state index contributed by atoms with van der Waals surface area (Å²) in [7, 11) is 0. The highest BCUT2D eigenvalue weighted by atomic mass is 35.5. The van der Waals surface area contributed by atoms with Gasteiger partial charge in [-0.3, -0.25) is 9.69 Å².